The molecule has 0 aliphatic rings. The van der Waals surface area contributed by atoms with Crippen LogP contribution in [0.5, 0.6) is 0 Å². The van der Waals surface area contributed by atoms with Gasteiger partial charge in [0.2, 0.25) is 11.8 Å². The number of amides is 2. The Hall–Kier alpha value is -1.33. The number of hydrogen-bond acceptors (Lipinski definition) is 3. The predicted molar refractivity (Wildman–Crippen MR) is 59.3 cm³/mol. The zero-order valence-electron chi connectivity index (χ0n) is 8.28. The van der Waals surface area contributed by atoms with Crippen LogP contribution in [0.15, 0.2) is 25.3 Å². The minimum Gasteiger partial charge on any atom is -0.390 e. The molecule has 0 heterocycles. The first kappa shape index (κ1) is 16.1. The molecule has 0 fully saturated rings. The van der Waals surface area contributed by atoms with E-state index in [0.717, 1.165) is 12.2 Å². The van der Waals surface area contributed by atoms with E-state index in [4.69, 9.17) is 16.7 Å². The van der Waals surface area contributed by atoms with E-state index in [-0.39, 0.29) is 18.3 Å². The highest BCUT2D eigenvalue weighted by Crippen LogP contribution is 1.84. The van der Waals surface area contributed by atoms with E-state index in [2.05, 4.69) is 24.2 Å². The maximum Gasteiger partial charge on any atom is 0.243 e. The number of aliphatic hydroxyl groups is 1. The second-order valence-electron chi connectivity index (χ2n) is 2.36. The Morgan fingerprint density at radius 3 is 2.20 bits per heavy atom. The third kappa shape index (κ3) is 15.4. The van der Waals surface area contributed by atoms with Crippen molar-refractivity contribution in [1.29, 1.82) is 0 Å². The largest absolute Gasteiger partial charge is 0.390 e. The zero-order valence-corrected chi connectivity index (χ0v) is 9.04. The van der Waals surface area contributed by atoms with Crippen LogP contribution in [0.1, 0.15) is 0 Å². The predicted octanol–water partition coefficient (Wildman–Crippen LogP) is -0.454. The third-order valence-corrected chi connectivity index (χ3v) is 1.43. The van der Waals surface area contributed by atoms with Crippen molar-refractivity contribution in [2.75, 3.05) is 12.4 Å². The zero-order chi connectivity index (χ0) is 12.3. The smallest absolute Gasteiger partial charge is 0.243 e. The molecule has 0 bridgehead atoms. The minimum atomic E-state index is -0.675. The van der Waals surface area contributed by atoms with Crippen molar-refractivity contribution in [3.63, 3.8) is 0 Å². The Morgan fingerprint density at radius 1 is 1.47 bits per heavy atom. The molecule has 4 N–H and O–H groups in total. The van der Waals surface area contributed by atoms with Crippen molar-refractivity contribution in [2.24, 2.45) is 5.73 Å². The van der Waals surface area contributed by atoms with Crippen LogP contribution in [0.2, 0.25) is 0 Å². The summed E-state index contributed by atoms with van der Waals surface area (Å²) in [6.45, 7) is 6.50. The van der Waals surface area contributed by atoms with Crippen molar-refractivity contribution in [3.8, 4) is 0 Å². The van der Waals surface area contributed by atoms with E-state index in [1.165, 1.54) is 0 Å². The molecule has 2 amide bonds. The fourth-order valence-electron chi connectivity index (χ4n) is 0.345. The topological polar surface area (TPSA) is 92.4 Å². The number of nitrogens with two attached hydrogens (primary N) is 1. The number of halogens is 1. The average molecular weight is 235 g/mol. The summed E-state index contributed by atoms with van der Waals surface area (Å²) < 4.78 is 0. The van der Waals surface area contributed by atoms with Crippen molar-refractivity contribution >= 4 is 23.4 Å². The van der Waals surface area contributed by atoms with Gasteiger partial charge >= 0.3 is 0 Å². The van der Waals surface area contributed by atoms with E-state index in [0.29, 0.717) is 0 Å². The maximum atomic E-state index is 10.4. The Kier molecular flexibility index (Phi) is 11.5. The second-order valence-corrected chi connectivity index (χ2v) is 2.67. The van der Waals surface area contributed by atoms with Crippen LogP contribution >= 0.6 is 11.6 Å². The van der Waals surface area contributed by atoms with Crippen LogP contribution in [-0.4, -0.2) is 35.4 Å². The molecular formula is C9H15ClN2O3. The normalized spacial score (nSPS) is 10.3. The van der Waals surface area contributed by atoms with Gasteiger partial charge in [-0.3, -0.25) is 9.59 Å². The van der Waals surface area contributed by atoms with Crippen molar-refractivity contribution < 1.29 is 14.7 Å². The molecular weight excluding hydrogens is 220 g/mol. The quantitative estimate of drug-likeness (QED) is 0.444. The Bertz CT molecular complexity index is 231. The first-order valence-corrected chi connectivity index (χ1v) is 4.57. The van der Waals surface area contributed by atoms with Gasteiger partial charge in [-0.1, -0.05) is 13.2 Å². The second kappa shape index (κ2) is 10.7. The van der Waals surface area contributed by atoms with Crippen molar-refractivity contribution in [3.05, 3.63) is 25.3 Å². The van der Waals surface area contributed by atoms with E-state index >= 15 is 0 Å². The number of primary amides is 1. The van der Waals surface area contributed by atoms with Gasteiger partial charge < -0.3 is 16.2 Å². The van der Waals surface area contributed by atoms with E-state index in [1.807, 2.05) is 0 Å². The third-order valence-electron chi connectivity index (χ3n) is 1.08. The number of hydrogen-bond donors (Lipinski definition) is 3. The van der Waals surface area contributed by atoms with Crippen LogP contribution in [0.25, 0.3) is 0 Å². The van der Waals surface area contributed by atoms with Gasteiger partial charge in [-0.05, 0) is 12.2 Å². The van der Waals surface area contributed by atoms with Crippen LogP contribution in [0.3, 0.4) is 0 Å². The van der Waals surface area contributed by atoms with Gasteiger partial charge in [0.1, 0.15) is 0 Å². The molecule has 0 aliphatic heterocycles. The standard InChI is InChI=1S/C6H10ClNO2.C3H5NO/c1-2-6(10)8-4-5(9)3-7;1-2-3(4)5/h2,5,9H,1,3-4H2,(H,8,10);2H,1H2,(H2,4,5). The lowest BCUT2D eigenvalue weighted by Crippen LogP contribution is -2.31. The molecule has 0 aromatic rings. The van der Waals surface area contributed by atoms with Crippen LogP contribution in [0, 0.1) is 0 Å². The minimum absolute atomic E-state index is 0.122. The summed E-state index contributed by atoms with van der Waals surface area (Å²) in [6.07, 6.45) is 1.52. The monoisotopic (exact) mass is 234 g/mol. The lowest BCUT2D eigenvalue weighted by atomic mass is 10.4. The molecule has 0 aromatic carbocycles. The molecule has 0 saturated carbocycles. The Labute approximate surface area is 93.6 Å². The van der Waals surface area contributed by atoms with Crippen molar-refractivity contribution in [1.82, 2.24) is 5.32 Å². The molecule has 1 atom stereocenters. The molecule has 0 spiro atoms. The summed E-state index contributed by atoms with van der Waals surface area (Å²) in [7, 11) is 0. The molecule has 0 saturated heterocycles. The van der Waals surface area contributed by atoms with E-state index < -0.39 is 12.0 Å². The first-order chi connectivity index (χ1) is 6.97. The number of carbonyl (C=O) groups excluding carboxylic acids is 2. The van der Waals surface area contributed by atoms with Gasteiger partial charge in [0, 0.05) is 6.54 Å². The summed E-state index contributed by atoms with van der Waals surface area (Å²) in [6, 6.07) is 0. The summed E-state index contributed by atoms with van der Waals surface area (Å²) in [5, 5.41) is 11.2. The SMILES string of the molecule is C=CC(=O)NCC(O)CCl.C=CC(N)=O. The molecule has 0 radical (unpaired) electrons. The number of alkyl halides is 1. The fourth-order valence-corrected chi connectivity index (χ4v) is 0.454. The molecule has 1 unspecified atom stereocenters. The van der Waals surface area contributed by atoms with Gasteiger partial charge in [-0.2, -0.15) is 0 Å². The molecule has 86 valence electrons. The maximum absolute atomic E-state index is 10.4. The highest BCUT2D eigenvalue weighted by atomic mass is 35.5. The summed E-state index contributed by atoms with van der Waals surface area (Å²) in [4.78, 5) is 19.9. The van der Waals surface area contributed by atoms with Crippen LogP contribution in [0.4, 0.5) is 0 Å². The molecule has 15 heavy (non-hydrogen) atoms. The van der Waals surface area contributed by atoms with Gasteiger partial charge in [0.15, 0.2) is 0 Å². The highest BCUT2D eigenvalue weighted by Gasteiger charge is 2.01. The number of carbonyl (C=O) groups is 2. The number of nitrogens with one attached hydrogen (secondary N) is 1. The first-order valence-electron chi connectivity index (χ1n) is 4.04. The molecule has 5 nitrogen and oxygen atoms in total. The van der Waals surface area contributed by atoms with Crippen molar-refractivity contribution in [2.45, 2.75) is 6.10 Å². The number of aliphatic hydroxyl groups excluding tert-OH is 1. The van der Waals surface area contributed by atoms with E-state index in [9.17, 15) is 9.59 Å². The van der Waals surface area contributed by atoms with Gasteiger partial charge in [-0.15, -0.1) is 11.6 Å². The highest BCUT2D eigenvalue weighted by molar-refractivity contribution is 6.18. The Morgan fingerprint density at radius 2 is 1.93 bits per heavy atom. The molecule has 0 aliphatic carbocycles. The fraction of sp³-hybridized carbons (Fsp3) is 0.333. The molecule has 6 heteroatoms. The molecule has 0 aromatic heterocycles. The van der Waals surface area contributed by atoms with E-state index in [1.54, 1.807) is 0 Å². The van der Waals surface area contributed by atoms with Crippen LogP contribution < -0.4 is 11.1 Å². The van der Waals surface area contributed by atoms with Gasteiger partial charge in [0.05, 0.1) is 12.0 Å². The van der Waals surface area contributed by atoms with Gasteiger partial charge in [0.25, 0.3) is 0 Å². The van der Waals surface area contributed by atoms with Gasteiger partial charge in [-0.25, -0.2) is 0 Å². The lowest BCUT2D eigenvalue weighted by molar-refractivity contribution is -0.117. The molecule has 0 rings (SSSR count). The number of rotatable bonds is 5. The summed E-state index contributed by atoms with van der Waals surface area (Å²) in [5.74, 6) is -0.661. The summed E-state index contributed by atoms with van der Waals surface area (Å²) >= 11 is 5.25. The Balaban J connectivity index is 0. The lowest BCUT2D eigenvalue weighted by Gasteiger charge is -2.05. The summed E-state index contributed by atoms with van der Waals surface area (Å²) in [5.41, 5.74) is 4.53. The van der Waals surface area contributed by atoms with Crippen LogP contribution in [-0.2, 0) is 9.59 Å². The average Bonchev–Trinajstić information content (AvgIpc) is 2.25.